The summed E-state index contributed by atoms with van der Waals surface area (Å²) in [6.07, 6.45) is 1.78. The molecule has 0 saturated heterocycles. The number of rotatable bonds is 6. The molecule has 1 heterocycles. The maximum atomic E-state index is 12.5. The normalized spacial score (nSPS) is 11.0. The molecule has 1 aromatic carbocycles. The molecule has 0 saturated carbocycles. The SMILES string of the molecule is CN(C)CCn1ncc(Cl)c1C(=O)Cc1cccc(N)c1. The van der Waals surface area contributed by atoms with Crippen molar-refractivity contribution < 1.29 is 4.79 Å². The van der Waals surface area contributed by atoms with Crippen LogP contribution in [0.4, 0.5) is 5.69 Å². The van der Waals surface area contributed by atoms with Crippen LogP contribution in [0.25, 0.3) is 0 Å². The number of anilines is 1. The fourth-order valence-electron chi connectivity index (χ4n) is 2.08. The number of aromatic nitrogens is 2. The van der Waals surface area contributed by atoms with Gasteiger partial charge in [0.1, 0.15) is 5.69 Å². The Bertz CT molecular complexity index is 636. The van der Waals surface area contributed by atoms with Gasteiger partial charge in [-0.25, -0.2) is 0 Å². The Hall–Kier alpha value is -1.85. The Balaban J connectivity index is 2.17. The second kappa shape index (κ2) is 6.74. The molecule has 0 bridgehead atoms. The average Bonchev–Trinajstić information content (AvgIpc) is 2.77. The lowest BCUT2D eigenvalue weighted by Crippen LogP contribution is -2.22. The second-order valence-corrected chi connectivity index (χ2v) is 5.62. The molecule has 0 fully saturated rings. The fourth-order valence-corrected chi connectivity index (χ4v) is 2.32. The Kier molecular flexibility index (Phi) is 4.98. The molecule has 0 aliphatic heterocycles. The molecule has 0 radical (unpaired) electrons. The van der Waals surface area contributed by atoms with Gasteiger partial charge in [-0.1, -0.05) is 23.7 Å². The number of hydrogen-bond donors (Lipinski definition) is 1. The number of likely N-dealkylation sites (N-methyl/N-ethyl adjacent to an activating group) is 1. The van der Waals surface area contributed by atoms with Gasteiger partial charge >= 0.3 is 0 Å². The summed E-state index contributed by atoms with van der Waals surface area (Å²) >= 11 is 6.11. The monoisotopic (exact) mass is 306 g/mol. The molecular formula is C15H19ClN4O. The van der Waals surface area contributed by atoms with Gasteiger partial charge in [-0.05, 0) is 31.8 Å². The van der Waals surface area contributed by atoms with Crippen LogP contribution in [0.5, 0.6) is 0 Å². The van der Waals surface area contributed by atoms with E-state index in [1.807, 2.05) is 31.1 Å². The van der Waals surface area contributed by atoms with Crippen molar-refractivity contribution in [1.29, 1.82) is 0 Å². The lowest BCUT2D eigenvalue weighted by Gasteiger charge is -2.11. The fraction of sp³-hybridized carbons (Fsp3) is 0.333. The van der Waals surface area contributed by atoms with Crippen LogP contribution in [0.1, 0.15) is 16.1 Å². The van der Waals surface area contributed by atoms with E-state index in [0.29, 0.717) is 22.9 Å². The third-order valence-electron chi connectivity index (χ3n) is 3.13. The molecule has 0 amide bonds. The summed E-state index contributed by atoms with van der Waals surface area (Å²) in [5.41, 5.74) is 7.71. The van der Waals surface area contributed by atoms with Crippen LogP contribution in [0, 0.1) is 0 Å². The number of halogens is 1. The second-order valence-electron chi connectivity index (χ2n) is 5.21. The Morgan fingerprint density at radius 3 is 2.86 bits per heavy atom. The van der Waals surface area contributed by atoms with Gasteiger partial charge in [0.2, 0.25) is 0 Å². The van der Waals surface area contributed by atoms with Gasteiger partial charge in [-0.15, -0.1) is 0 Å². The molecular weight excluding hydrogens is 288 g/mol. The van der Waals surface area contributed by atoms with Gasteiger partial charge in [0.05, 0.1) is 17.8 Å². The molecule has 0 atom stereocenters. The van der Waals surface area contributed by atoms with Crippen molar-refractivity contribution in [2.45, 2.75) is 13.0 Å². The summed E-state index contributed by atoms with van der Waals surface area (Å²) in [6, 6.07) is 7.31. The van der Waals surface area contributed by atoms with E-state index in [4.69, 9.17) is 17.3 Å². The van der Waals surface area contributed by atoms with Crippen LogP contribution >= 0.6 is 11.6 Å². The highest BCUT2D eigenvalue weighted by atomic mass is 35.5. The number of nitrogen functional groups attached to an aromatic ring is 1. The summed E-state index contributed by atoms with van der Waals surface area (Å²) in [5.74, 6) is -0.0538. The van der Waals surface area contributed by atoms with E-state index in [0.717, 1.165) is 12.1 Å². The van der Waals surface area contributed by atoms with Crippen molar-refractivity contribution in [3.05, 3.63) is 46.7 Å². The number of benzene rings is 1. The van der Waals surface area contributed by atoms with E-state index in [-0.39, 0.29) is 12.2 Å². The molecule has 112 valence electrons. The van der Waals surface area contributed by atoms with Crippen molar-refractivity contribution in [3.8, 4) is 0 Å². The highest BCUT2D eigenvalue weighted by molar-refractivity contribution is 6.33. The predicted octanol–water partition coefficient (Wildman–Crippen LogP) is 2.11. The van der Waals surface area contributed by atoms with Gasteiger partial charge in [-0.3, -0.25) is 9.48 Å². The first-order chi connectivity index (χ1) is 9.97. The van der Waals surface area contributed by atoms with Crippen LogP contribution in [-0.2, 0) is 13.0 Å². The van der Waals surface area contributed by atoms with Gasteiger partial charge in [0.25, 0.3) is 0 Å². The Labute approximate surface area is 129 Å². The highest BCUT2D eigenvalue weighted by Gasteiger charge is 2.18. The zero-order valence-corrected chi connectivity index (χ0v) is 13.0. The van der Waals surface area contributed by atoms with E-state index in [1.165, 1.54) is 6.20 Å². The van der Waals surface area contributed by atoms with Gasteiger partial charge < -0.3 is 10.6 Å². The van der Waals surface area contributed by atoms with E-state index < -0.39 is 0 Å². The van der Waals surface area contributed by atoms with E-state index in [1.54, 1.807) is 16.8 Å². The van der Waals surface area contributed by atoms with Crippen molar-refractivity contribution >= 4 is 23.1 Å². The van der Waals surface area contributed by atoms with Crippen molar-refractivity contribution in [2.24, 2.45) is 0 Å². The third-order valence-corrected chi connectivity index (χ3v) is 3.41. The van der Waals surface area contributed by atoms with E-state index in [9.17, 15) is 4.79 Å². The zero-order chi connectivity index (χ0) is 15.4. The Morgan fingerprint density at radius 2 is 2.19 bits per heavy atom. The van der Waals surface area contributed by atoms with E-state index >= 15 is 0 Å². The summed E-state index contributed by atoms with van der Waals surface area (Å²) < 4.78 is 1.66. The number of carbonyl (C=O) groups is 1. The summed E-state index contributed by atoms with van der Waals surface area (Å²) in [5, 5.41) is 4.57. The third kappa shape index (κ3) is 4.06. The van der Waals surface area contributed by atoms with Crippen molar-refractivity contribution in [1.82, 2.24) is 14.7 Å². The van der Waals surface area contributed by atoms with Gasteiger partial charge in [-0.2, -0.15) is 5.10 Å². The number of Topliss-reactive ketones (excluding diaryl/α,β-unsaturated/α-hetero) is 1. The first-order valence-electron chi connectivity index (χ1n) is 6.71. The standard InChI is InChI=1S/C15H19ClN4O/c1-19(2)6-7-20-15(13(16)10-18-20)14(21)9-11-4-3-5-12(17)8-11/h3-5,8,10H,6-7,9,17H2,1-2H3. The molecule has 2 rings (SSSR count). The predicted molar refractivity (Wildman–Crippen MR) is 84.7 cm³/mol. The highest BCUT2D eigenvalue weighted by Crippen LogP contribution is 2.18. The summed E-state index contributed by atoms with van der Waals surface area (Å²) in [4.78, 5) is 14.5. The van der Waals surface area contributed by atoms with E-state index in [2.05, 4.69) is 5.10 Å². The van der Waals surface area contributed by atoms with Crippen molar-refractivity contribution in [2.75, 3.05) is 26.4 Å². The maximum Gasteiger partial charge on any atom is 0.186 e. The molecule has 2 N–H and O–H groups in total. The van der Waals surface area contributed by atoms with Gasteiger partial charge in [0.15, 0.2) is 5.78 Å². The minimum atomic E-state index is -0.0538. The minimum Gasteiger partial charge on any atom is -0.399 e. The average molecular weight is 307 g/mol. The molecule has 0 aliphatic carbocycles. The minimum absolute atomic E-state index is 0.0538. The first-order valence-corrected chi connectivity index (χ1v) is 7.09. The number of nitrogens with two attached hydrogens (primary N) is 1. The topological polar surface area (TPSA) is 64.2 Å². The summed E-state index contributed by atoms with van der Waals surface area (Å²) in [7, 11) is 3.94. The molecule has 0 unspecified atom stereocenters. The smallest absolute Gasteiger partial charge is 0.186 e. The van der Waals surface area contributed by atoms with Crippen LogP contribution in [-0.4, -0.2) is 41.1 Å². The van der Waals surface area contributed by atoms with Crippen LogP contribution in [0.3, 0.4) is 0 Å². The van der Waals surface area contributed by atoms with Crippen LogP contribution < -0.4 is 5.73 Å². The molecule has 2 aromatic rings. The largest absolute Gasteiger partial charge is 0.399 e. The first kappa shape index (κ1) is 15.5. The maximum absolute atomic E-state index is 12.5. The molecule has 0 spiro atoms. The number of ketones is 1. The number of carbonyl (C=O) groups excluding carboxylic acids is 1. The summed E-state index contributed by atoms with van der Waals surface area (Å²) in [6.45, 7) is 1.41. The van der Waals surface area contributed by atoms with Crippen LogP contribution in [0.2, 0.25) is 5.02 Å². The van der Waals surface area contributed by atoms with Gasteiger partial charge in [0, 0.05) is 18.7 Å². The quantitative estimate of drug-likeness (QED) is 0.656. The lowest BCUT2D eigenvalue weighted by atomic mass is 10.1. The zero-order valence-electron chi connectivity index (χ0n) is 12.2. The van der Waals surface area contributed by atoms with Crippen molar-refractivity contribution in [3.63, 3.8) is 0 Å². The molecule has 1 aromatic heterocycles. The molecule has 0 aliphatic rings. The molecule has 5 nitrogen and oxygen atoms in total. The Morgan fingerprint density at radius 1 is 1.43 bits per heavy atom. The number of nitrogens with zero attached hydrogens (tertiary/aromatic N) is 3. The van der Waals surface area contributed by atoms with Crippen LogP contribution in [0.15, 0.2) is 30.5 Å². The molecule has 6 heteroatoms. The number of hydrogen-bond acceptors (Lipinski definition) is 4. The lowest BCUT2D eigenvalue weighted by molar-refractivity contribution is 0.0982. The molecule has 21 heavy (non-hydrogen) atoms.